The Bertz CT molecular complexity index is 1380. The molecule has 0 saturated heterocycles. The number of nitrogens with zero attached hydrogens (tertiary/aromatic N) is 3. The van der Waals surface area contributed by atoms with Crippen LogP contribution in [0.25, 0.3) is 11.3 Å². The van der Waals surface area contributed by atoms with Crippen LogP contribution in [0.4, 0.5) is 10.8 Å². The Morgan fingerprint density at radius 1 is 0.846 bits per heavy atom. The molecule has 7 heteroatoms. The van der Waals surface area contributed by atoms with Crippen LogP contribution in [0.15, 0.2) is 78.2 Å². The van der Waals surface area contributed by atoms with Crippen molar-refractivity contribution < 1.29 is 15.0 Å². The van der Waals surface area contributed by atoms with Gasteiger partial charge in [0.05, 0.1) is 17.4 Å². The minimum Gasteiger partial charge on any atom is -0.478 e. The molecule has 1 aliphatic rings. The van der Waals surface area contributed by atoms with E-state index in [-0.39, 0.29) is 6.10 Å². The van der Waals surface area contributed by atoms with Crippen molar-refractivity contribution in [2.45, 2.75) is 50.8 Å². The summed E-state index contributed by atoms with van der Waals surface area (Å²) in [5.41, 5.74) is 7.19. The monoisotopic (exact) mass is 541 g/mol. The summed E-state index contributed by atoms with van der Waals surface area (Å²) < 4.78 is 0. The smallest absolute Gasteiger partial charge is 0.335 e. The lowest BCUT2D eigenvalue weighted by molar-refractivity contribution is 0.0697. The molecule has 0 bridgehead atoms. The van der Waals surface area contributed by atoms with Gasteiger partial charge in [-0.25, -0.2) is 9.78 Å². The number of carboxylic acid groups (broad SMARTS) is 1. The number of anilines is 2. The Hall–Kier alpha value is -3.68. The Labute approximate surface area is 234 Å². The minimum absolute atomic E-state index is 0.115. The second-order valence-corrected chi connectivity index (χ2v) is 11.4. The third-order valence-corrected chi connectivity index (χ3v) is 8.57. The van der Waals surface area contributed by atoms with Crippen molar-refractivity contribution in [2.75, 3.05) is 23.9 Å². The van der Waals surface area contributed by atoms with Crippen LogP contribution >= 0.6 is 11.3 Å². The molecule has 0 radical (unpaired) electrons. The molecule has 202 valence electrons. The maximum absolute atomic E-state index is 11.1. The highest BCUT2D eigenvalue weighted by molar-refractivity contribution is 7.14. The second-order valence-electron chi connectivity index (χ2n) is 10.5. The maximum Gasteiger partial charge on any atom is 0.335 e. The van der Waals surface area contributed by atoms with Gasteiger partial charge in [-0.3, -0.25) is 0 Å². The Morgan fingerprint density at radius 2 is 1.44 bits per heavy atom. The van der Waals surface area contributed by atoms with E-state index >= 15 is 0 Å². The van der Waals surface area contributed by atoms with Gasteiger partial charge in [-0.2, -0.15) is 0 Å². The van der Waals surface area contributed by atoms with Crippen LogP contribution in [0, 0.1) is 0 Å². The SMILES string of the molecule is CN(Cc1ccc([C@H]2CC[C@@H](O)CC2)cc1)c1ccc(-c2csc(N(C)Cc3ccc(C(=O)O)cc3)n2)cc1. The molecule has 0 atom stereocenters. The van der Waals surface area contributed by atoms with Gasteiger partial charge in [0.1, 0.15) is 0 Å². The Kier molecular flexibility index (Phi) is 8.29. The first-order valence-corrected chi connectivity index (χ1v) is 14.3. The van der Waals surface area contributed by atoms with E-state index in [4.69, 9.17) is 10.1 Å². The molecule has 6 nitrogen and oxygen atoms in total. The summed E-state index contributed by atoms with van der Waals surface area (Å²) in [6, 6.07) is 24.5. The summed E-state index contributed by atoms with van der Waals surface area (Å²) in [6.45, 7) is 1.49. The van der Waals surface area contributed by atoms with E-state index in [1.165, 1.54) is 11.1 Å². The number of aliphatic hydroxyl groups excluding tert-OH is 1. The summed E-state index contributed by atoms with van der Waals surface area (Å²) in [6.07, 6.45) is 3.86. The zero-order valence-electron chi connectivity index (χ0n) is 22.5. The average Bonchev–Trinajstić information content (AvgIpc) is 3.45. The lowest BCUT2D eigenvalue weighted by atomic mass is 9.82. The lowest BCUT2D eigenvalue weighted by Gasteiger charge is -2.26. The van der Waals surface area contributed by atoms with E-state index in [1.807, 2.05) is 19.2 Å². The highest BCUT2D eigenvalue weighted by Crippen LogP contribution is 2.33. The average molecular weight is 542 g/mol. The van der Waals surface area contributed by atoms with E-state index in [2.05, 4.69) is 70.8 Å². The fourth-order valence-electron chi connectivity index (χ4n) is 5.22. The number of hydrogen-bond acceptors (Lipinski definition) is 6. The van der Waals surface area contributed by atoms with Crippen molar-refractivity contribution in [3.63, 3.8) is 0 Å². The molecule has 4 aromatic rings. The van der Waals surface area contributed by atoms with Crippen LogP contribution in [0.2, 0.25) is 0 Å². The fourth-order valence-corrected chi connectivity index (χ4v) is 6.02. The van der Waals surface area contributed by atoms with Gasteiger partial charge in [-0.15, -0.1) is 11.3 Å². The number of aliphatic hydroxyl groups is 1. The highest BCUT2D eigenvalue weighted by Gasteiger charge is 2.20. The summed E-state index contributed by atoms with van der Waals surface area (Å²) >= 11 is 1.60. The topological polar surface area (TPSA) is 76.9 Å². The van der Waals surface area contributed by atoms with Gasteiger partial charge in [0.15, 0.2) is 5.13 Å². The van der Waals surface area contributed by atoms with Gasteiger partial charge >= 0.3 is 5.97 Å². The lowest BCUT2D eigenvalue weighted by Crippen LogP contribution is -2.17. The summed E-state index contributed by atoms with van der Waals surface area (Å²) in [7, 11) is 4.11. The van der Waals surface area contributed by atoms with Crippen LogP contribution in [-0.2, 0) is 13.1 Å². The molecule has 2 N–H and O–H groups in total. The molecule has 1 fully saturated rings. The van der Waals surface area contributed by atoms with E-state index in [0.717, 1.165) is 59.9 Å². The van der Waals surface area contributed by atoms with Gasteiger partial charge in [0.2, 0.25) is 0 Å². The molecule has 1 heterocycles. The first-order valence-electron chi connectivity index (χ1n) is 13.4. The highest BCUT2D eigenvalue weighted by atomic mass is 32.1. The molecule has 0 unspecified atom stereocenters. The van der Waals surface area contributed by atoms with Gasteiger partial charge in [0, 0.05) is 43.8 Å². The Balaban J connectivity index is 1.17. The molecule has 39 heavy (non-hydrogen) atoms. The maximum atomic E-state index is 11.1. The largest absolute Gasteiger partial charge is 0.478 e. The number of thiazole rings is 1. The van der Waals surface area contributed by atoms with Crippen LogP contribution < -0.4 is 9.80 Å². The number of benzene rings is 3. The number of carboxylic acids is 1. The predicted molar refractivity (Wildman–Crippen MR) is 159 cm³/mol. The summed E-state index contributed by atoms with van der Waals surface area (Å²) in [5.74, 6) is -0.341. The predicted octanol–water partition coefficient (Wildman–Crippen LogP) is 6.80. The van der Waals surface area contributed by atoms with E-state index in [9.17, 15) is 9.90 Å². The quantitative estimate of drug-likeness (QED) is 0.243. The van der Waals surface area contributed by atoms with Crippen molar-refractivity contribution in [3.05, 3.63) is 100 Å². The van der Waals surface area contributed by atoms with E-state index in [1.54, 1.807) is 23.5 Å². The Morgan fingerprint density at radius 3 is 2.05 bits per heavy atom. The first-order chi connectivity index (χ1) is 18.9. The van der Waals surface area contributed by atoms with Crippen molar-refractivity contribution >= 4 is 28.1 Å². The van der Waals surface area contributed by atoms with Gasteiger partial charge in [-0.05, 0) is 72.6 Å². The van der Waals surface area contributed by atoms with Crippen LogP contribution in [0.1, 0.15) is 58.6 Å². The third kappa shape index (κ3) is 6.67. The normalized spacial score (nSPS) is 17.1. The summed E-state index contributed by atoms with van der Waals surface area (Å²) in [4.78, 5) is 20.2. The van der Waals surface area contributed by atoms with Crippen molar-refractivity contribution in [2.24, 2.45) is 0 Å². The molecule has 3 aromatic carbocycles. The molecule has 0 amide bonds. The van der Waals surface area contributed by atoms with Gasteiger partial charge in [0.25, 0.3) is 0 Å². The first kappa shape index (κ1) is 26.9. The third-order valence-electron chi connectivity index (χ3n) is 7.61. The van der Waals surface area contributed by atoms with Crippen LogP contribution in [0.3, 0.4) is 0 Å². The van der Waals surface area contributed by atoms with Gasteiger partial charge < -0.3 is 20.0 Å². The number of aromatic nitrogens is 1. The minimum atomic E-state index is -0.914. The van der Waals surface area contributed by atoms with Gasteiger partial charge in [-0.1, -0.05) is 48.5 Å². The molecule has 5 rings (SSSR count). The number of aromatic carboxylic acids is 1. The number of hydrogen-bond donors (Lipinski definition) is 2. The zero-order valence-corrected chi connectivity index (χ0v) is 23.3. The molecular weight excluding hydrogens is 506 g/mol. The number of rotatable bonds is 9. The molecule has 0 spiro atoms. The molecular formula is C32H35N3O3S. The summed E-state index contributed by atoms with van der Waals surface area (Å²) in [5, 5.41) is 21.9. The van der Waals surface area contributed by atoms with E-state index in [0.29, 0.717) is 18.0 Å². The molecule has 1 aliphatic carbocycles. The van der Waals surface area contributed by atoms with Crippen molar-refractivity contribution in [1.82, 2.24) is 4.98 Å². The van der Waals surface area contributed by atoms with Crippen molar-refractivity contribution in [1.29, 1.82) is 0 Å². The standard InChI is InChI=1S/C32H35N3O3S/c1-34(19-22-3-7-24(8-4-22)25-13-17-29(36)18-14-25)28-15-11-26(12-16-28)30-21-39-32(33-30)35(2)20-23-5-9-27(10-6-23)31(37)38/h3-12,15-16,21,25,29,36H,13-14,17-20H2,1-2H3,(H,37,38)/t25-,29+. The second kappa shape index (κ2) is 12.0. The zero-order chi connectivity index (χ0) is 27.4. The molecule has 0 aliphatic heterocycles. The van der Waals surface area contributed by atoms with Crippen LogP contribution in [0.5, 0.6) is 0 Å². The van der Waals surface area contributed by atoms with Crippen LogP contribution in [-0.4, -0.2) is 41.4 Å². The molecule has 1 aromatic heterocycles. The van der Waals surface area contributed by atoms with Crippen molar-refractivity contribution in [3.8, 4) is 11.3 Å². The fraction of sp³-hybridized carbons (Fsp3) is 0.312. The molecule has 1 saturated carbocycles. The van der Waals surface area contributed by atoms with E-state index < -0.39 is 5.97 Å². The number of carbonyl (C=O) groups is 1.